The van der Waals surface area contributed by atoms with E-state index in [0.29, 0.717) is 16.5 Å². The Morgan fingerprint density at radius 3 is 2.43 bits per heavy atom. The molecule has 0 saturated carbocycles. The summed E-state index contributed by atoms with van der Waals surface area (Å²) in [7, 11) is 1.45. The summed E-state index contributed by atoms with van der Waals surface area (Å²) < 4.78 is 5.10. The van der Waals surface area contributed by atoms with Crippen LogP contribution in [0.5, 0.6) is 11.5 Å². The zero-order chi connectivity index (χ0) is 16.8. The fraction of sp³-hybridized carbons (Fsp3) is 0.0667. The predicted octanol–water partition coefficient (Wildman–Crippen LogP) is 2.52. The van der Waals surface area contributed by atoms with E-state index < -0.39 is 11.9 Å². The highest BCUT2D eigenvalue weighted by Gasteiger charge is 2.10. The Hall–Kier alpha value is -2.93. The minimum atomic E-state index is -0.655. The van der Waals surface area contributed by atoms with E-state index in [0.717, 1.165) is 0 Å². The SMILES string of the molecule is COc1cc(Cl)ccc1NC(=O)NNC(=O)c1ccc(O)cc1. The summed E-state index contributed by atoms with van der Waals surface area (Å²) in [4.78, 5) is 23.6. The predicted molar refractivity (Wildman–Crippen MR) is 85.7 cm³/mol. The summed E-state index contributed by atoms with van der Waals surface area (Å²) >= 11 is 5.83. The Labute approximate surface area is 137 Å². The second-order valence-corrected chi connectivity index (χ2v) is 4.86. The number of carbonyl (C=O) groups excluding carboxylic acids is 2. The van der Waals surface area contributed by atoms with Gasteiger partial charge in [0, 0.05) is 16.7 Å². The number of urea groups is 1. The number of rotatable bonds is 3. The van der Waals surface area contributed by atoms with Gasteiger partial charge in [0.25, 0.3) is 5.91 Å². The molecule has 0 atom stereocenters. The lowest BCUT2D eigenvalue weighted by Crippen LogP contribution is -2.43. The normalized spacial score (nSPS) is 9.83. The summed E-state index contributed by atoms with van der Waals surface area (Å²) in [6, 6.07) is 9.64. The molecule has 0 saturated heterocycles. The highest BCUT2D eigenvalue weighted by molar-refractivity contribution is 6.30. The first kappa shape index (κ1) is 16.4. The van der Waals surface area contributed by atoms with Crippen molar-refractivity contribution in [1.82, 2.24) is 10.9 Å². The molecule has 0 aliphatic carbocycles. The molecule has 4 N–H and O–H groups in total. The second-order valence-electron chi connectivity index (χ2n) is 4.42. The van der Waals surface area contributed by atoms with Crippen molar-refractivity contribution in [2.75, 3.05) is 12.4 Å². The lowest BCUT2D eigenvalue weighted by molar-refractivity contribution is 0.0938. The molecule has 0 bridgehead atoms. The molecule has 2 aromatic rings. The van der Waals surface area contributed by atoms with Crippen molar-refractivity contribution in [3.8, 4) is 11.5 Å². The minimum absolute atomic E-state index is 0.0436. The van der Waals surface area contributed by atoms with Gasteiger partial charge in [0.15, 0.2) is 0 Å². The van der Waals surface area contributed by atoms with Crippen LogP contribution in [0.15, 0.2) is 42.5 Å². The van der Waals surface area contributed by atoms with E-state index in [4.69, 9.17) is 21.4 Å². The standard InChI is InChI=1S/C15H14ClN3O4/c1-23-13-8-10(16)4-7-12(13)17-15(22)19-18-14(21)9-2-5-11(20)6-3-9/h2-8,20H,1H3,(H,18,21)(H2,17,19,22). The maximum Gasteiger partial charge on any atom is 0.338 e. The first-order chi connectivity index (χ1) is 11.0. The van der Waals surface area contributed by atoms with Crippen molar-refractivity contribution < 1.29 is 19.4 Å². The number of aromatic hydroxyl groups is 1. The van der Waals surface area contributed by atoms with Crippen LogP contribution in [-0.4, -0.2) is 24.2 Å². The van der Waals surface area contributed by atoms with Crippen molar-refractivity contribution in [1.29, 1.82) is 0 Å². The first-order valence-electron chi connectivity index (χ1n) is 6.49. The fourth-order valence-electron chi connectivity index (χ4n) is 1.72. The number of hydrogen-bond donors (Lipinski definition) is 4. The molecular formula is C15H14ClN3O4. The van der Waals surface area contributed by atoms with Gasteiger partial charge < -0.3 is 15.2 Å². The number of methoxy groups -OCH3 is 1. The zero-order valence-corrected chi connectivity index (χ0v) is 12.8. The molecule has 0 aliphatic rings. The van der Waals surface area contributed by atoms with Crippen molar-refractivity contribution >= 4 is 29.2 Å². The van der Waals surface area contributed by atoms with Crippen molar-refractivity contribution in [2.24, 2.45) is 0 Å². The highest BCUT2D eigenvalue weighted by Crippen LogP contribution is 2.27. The number of carbonyl (C=O) groups is 2. The molecule has 3 amide bonds. The molecule has 120 valence electrons. The number of benzene rings is 2. The lowest BCUT2D eigenvalue weighted by atomic mass is 10.2. The number of phenolic OH excluding ortho intramolecular Hbond substituents is 1. The number of ether oxygens (including phenoxy) is 1. The zero-order valence-electron chi connectivity index (χ0n) is 12.1. The molecule has 0 aliphatic heterocycles. The van der Waals surface area contributed by atoms with Crippen LogP contribution in [0.25, 0.3) is 0 Å². The number of amides is 3. The van der Waals surface area contributed by atoms with Crippen LogP contribution in [0.2, 0.25) is 5.02 Å². The fourth-order valence-corrected chi connectivity index (χ4v) is 1.88. The molecule has 23 heavy (non-hydrogen) atoms. The van der Waals surface area contributed by atoms with Gasteiger partial charge in [-0.25, -0.2) is 10.2 Å². The van der Waals surface area contributed by atoms with Gasteiger partial charge in [0.05, 0.1) is 12.8 Å². The van der Waals surface area contributed by atoms with E-state index in [-0.39, 0.29) is 11.3 Å². The van der Waals surface area contributed by atoms with Crippen molar-refractivity contribution in [3.05, 3.63) is 53.1 Å². The largest absolute Gasteiger partial charge is 0.508 e. The summed E-state index contributed by atoms with van der Waals surface area (Å²) in [5.41, 5.74) is 5.13. The lowest BCUT2D eigenvalue weighted by Gasteiger charge is -2.12. The smallest absolute Gasteiger partial charge is 0.338 e. The van der Waals surface area contributed by atoms with E-state index >= 15 is 0 Å². The van der Waals surface area contributed by atoms with Crippen molar-refractivity contribution in [2.45, 2.75) is 0 Å². The van der Waals surface area contributed by atoms with Gasteiger partial charge in [-0.2, -0.15) is 0 Å². The molecular weight excluding hydrogens is 322 g/mol. The Kier molecular flexibility index (Phi) is 5.27. The number of halogens is 1. The monoisotopic (exact) mass is 335 g/mol. The summed E-state index contributed by atoms with van der Waals surface area (Å²) in [6.07, 6.45) is 0. The summed E-state index contributed by atoms with van der Waals surface area (Å²) in [5, 5.41) is 12.1. The molecule has 0 heterocycles. The molecule has 2 rings (SSSR count). The summed E-state index contributed by atoms with van der Waals surface area (Å²) in [5.74, 6) is -0.0946. The Morgan fingerprint density at radius 1 is 1.09 bits per heavy atom. The second kappa shape index (κ2) is 7.37. The van der Waals surface area contributed by atoms with Gasteiger partial charge in [0.2, 0.25) is 0 Å². The third kappa shape index (κ3) is 4.52. The molecule has 0 fully saturated rings. The van der Waals surface area contributed by atoms with Crippen LogP contribution in [0.4, 0.5) is 10.5 Å². The number of nitrogens with one attached hydrogen (secondary N) is 3. The topological polar surface area (TPSA) is 99.7 Å². The highest BCUT2D eigenvalue weighted by atomic mass is 35.5. The van der Waals surface area contributed by atoms with Gasteiger partial charge in [-0.3, -0.25) is 10.2 Å². The summed E-state index contributed by atoms with van der Waals surface area (Å²) in [6.45, 7) is 0. The molecule has 8 heteroatoms. The van der Waals surface area contributed by atoms with Gasteiger partial charge in [-0.15, -0.1) is 0 Å². The molecule has 0 radical (unpaired) electrons. The van der Waals surface area contributed by atoms with E-state index in [1.807, 2.05) is 0 Å². The van der Waals surface area contributed by atoms with E-state index in [2.05, 4.69) is 16.2 Å². The third-order valence-electron chi connectivity index (χ3n) is 2.83. The number of phenols is 1. The average molecular weight is 336 g/mol. The average Bonchev–Trinajstić information content (AvgIpc) is 2.55. The minimum Gasteiger partial charge on any atom is -0.508 e. The Balaban J connectivity index is 1.92. The van der Waals surface area contributed by atoms with Crippen LogP contribution < -0.4 is 20.9 Å². The van der Waals surface area contributed by atoms with Crippen LogP contribution in [0, 0.1) is 0 Å². The van der Waals surface area contributed by atoms with Gasteiger partial charge in [-0.1, -0.05) is 11.6 Å². The first-order valence-corrected chi connectivity index (χ1v) is 6.87. The molecule has 2 aromatic carbocycles. The number of anilines is 1. The van der Waals surface area contributed by atoms with Crippen LogP contribution in [-0.2, 0) is 0 Å². The number of hydrazine groups is 1. The third-order valence-corrected chi connectivity index (χ3v) is 3.07. The van der Waals surface area contributed by atoms with E-state index in [1.54, 1.807) is 18.2 Å². The van der Waals surface area contributed by atoms with Gasteiger partial charge >= 0.3 is 6.03 Å². The van der Waals surface area contributed by atoms with Crippen LogP contribution in [0.1, 0.15) is 10.4 Å². The van der Waals surface area contributed by atoms with Crippen LogP contribution >= 0.6 is 11.6 Å². The molecule has 0 aromatic heterocycles. The molecule has 7 nitrogen and oxygen atoms in total. The maximum absolute atomic E-state index is 11.8. The Bertz CT molecular complexity index is 719. The quantitative estimate of drug-likeness (QED) is 0.647. The Morgan fingerprint density at radius 2 is 1.78 bits per heavy atom. The van der Waals surface area contributed by atoms with E-state index in [1.165, 1.54) is 31.4 Å². The van der Waals surface area contributed by atoms with Gasteiger partial charge in [-0.05, 0) is 36.4 Å². The van der Waals surface area contributed by atoms with Gasteiger partial charge in [0.1, 0.15) is 11.5 Å². The molecule has 0 unspecified atom stereocenters. The van der Waals surface area contributed by atoms with Crippen LogP contribution in [0.3, 0.4) is 0 Å². The van der Waals surface area contributed by atoms with E-state index in [9.17, 15) is 9.59 Å². The van der Waals surface area contributed by atoms with Crippen molar-refractivity contribution in [3.63, 3.8) is 0 Å². The molecule has 0 spiro atoms. The maximum atomic E-state index is 11.8. The number of hydrogen-bond acceptors (Lipinski definition) is 4.